The van der Waals surface area contributed by atoms with Gasteiger partial charge in [-0.25, -0.2) is 9.97 Å². The van der Waals surface area contributed by atoms with Crippen molar-refractivity contribution in [1.82, 2.24) is 9.97 Å². The van der Waals surface area contributed by atoms with Crippen molar-refractivity contribution < 1.29 is 5.11 Å². The molecule has 0 radical (unpaired) electrons. The van der Waals surface area contributed by atoms with Gasteiger partial charge in [0, 0.05) is 18.7 Å². The maximum Gasteiger partial charge on any atom is 0.138 e. The Morgan fingerprint density at radius 3 is 2.71 bits per heavy atom. The van der Waals surface area contributed by atoms with E-state index in [0.717, 1.165) is 37.2 Å². The minimum absolute atomic E-state index is 0.260. The number of unbranched alkanes of at least 4 members (excludes halogenated alkanes) is 2. The number of rotatable bonds is 7. The van der Waals surface area contributed by atoms with E-state index in [1.807, 2.05) is 0 Å². The predicted octanol–water partition coefficient (Wildman–Crippen LogP) is 2.83. The molecule has 0 amide bonds. The van der Waals surface area contributed by atoms with Gasteiger partial charge in [0.25, 0.3) is 0 Å². The molecule has 1 rings (SSSR count). The third-order valence-corrected chi connectivity index (χ3v) is 2.84. The summed E-state index contributed by atoms with van der Waals surface area (Å²) in [5.41, 5.74) is 0.969. The lowest BCUT2D eigenvalue weighted by Gasteiger charge is -2.14. The largest absolute Gasteiger partial charge is 0.396 e. The zero-order valence-corrected chi connectivity index (χ0v) is 11.2. The Morgan fingerprint density at radius 2 is 2.06 bits per heavy atom. The second-order valence-corrected chi connectivity index (χ2v) is 4.65. The van der Waals surface area contributed by atoms with Crippen molar-refractivity contribution in [3.05, 3.63) is 17.0 Å². The summed E-state index contributed by atoms with van der Waals surface area (Å²) in [6.07, 6.45) is 4.35. The van der Waals surface area contributed by atoms with Crippen LogP contribution in [-0.2, 0) is 0 Å². The summed E-state index contributed by atoms with van der Waals surface area (Å²) in [5.74, 6) is 1.12. The summed E-state index contributed by atoms with van der Waals surface area (Å²) in [4.78, 5) is 8.22. The van der Waals surface area contributed by atoms with E-state index >= 15 is 0 Å². The van der Waals surface area contributed by atoms with Crippen molar-refractivity contribution in [3.63, 3.8) is 0 Å². The zero-order valence-electron chi connectivity index (χ0n) is 10.4. The molecule has 2 N–H and O–H groups in total. The standard InChI is InChI=1S/C12H20ClN3O/c1-9(2)10-11(13)15-8-16-12(10)14-6-4-3-5-7-17/h8-9,17H,3-7H2,1-2H3,(H,14,15,16). The number of hydrogen-bond acceptors (Lipinski definition) is 4. The van der Waals surface area contributed by atoms with Crippen LogP contribution in [0.2, 0.25) is 5.15 Å². The van der Waals surface area contributed by atoms with E-state index in [4.69, 9.17) is 16.7 Å². The Balaban J connectivity index is 2.55. The van der Waals surface area contributed by atoms with Gasteiger partial charge >= 0.3 is 0 Å². The van der Waals surface area contributed by atoms with Crippen molar-refractivity contribution >= 4 is 17.4 Å². The molecule has 1 heterocycles. The minimum Gasteiger partial charge on any atom is -0.396 e. The van der Waals surface area contributed by atoms with E-state index in [9.17, 15) is 0 Å². The summed E-state index contributed by atoms with van der Waals surface area (Å²) in [5, 5.41) is 12.5. The molecule has 0 bridgehead atoms. The molecule has 0 saturated heterocycles. The molecular weight excluding hydrogens is 238 g/mol. The lowest BCUT2D eigenvalue weighted by atomic mass is 10.1. The Labute approximate surface area is 107 Å². The van der Waals surface area contributed by atoms with Crippen LogP contribution in [0.15, 0.2) is 6.33 Å². The van der Waals surface area contributed by atoms with Crippen LogP contribution < -0.4 is 5.32 Å². The van der Waals surface area contributed by atoms with E-state index in [1.54, 1.807) is 0 Å². The maximum atomic E-state index is 8.68. The van der Waals surface area contributed by atoms with Crippen molar-refractivity contribution in [1.29, 1.82) is 0 Å². The first-order valence-electron chi connectivity index (χ1n) is 6.02. The molecule has 17 heavy (non-hydrogen) atoms. The molecule has 0 aromatic carbocycles. The second kappa shape index (κ2) is 7.45. The van der Waals surface area contributed by atoms with Gasteiger partial charge in [0.05, 0.1) is 0 Å². The van der Waals surface area contributed by atoms with Gasteiger partial charge in [-0.05, 0) is 25.2 Å². The first kappa shape index (κ1) is 14.2. The number of halogens is 1. The number of anilines is 1. The second-order valence-electron chi connectivity index (χ2n) is 4.29. The van der Waals surface area contributed by atoms with Crippen LogP contribution in [-0.4, -0.2) is 28.2 Å². The maximum absolute atomic E-state index is 8.68. The van der Waals surface area contributed by atoms with Gasteiger partial charge < -0.3 is 10.4 Å². The summed E-state index contributed by atoms with van der Waals surface area (Å²) in [7, 11) is 0. The fraction of sp³-hybridized carbons (Fsp3) is 0.667. The molecule has 5 heteroatoms. The zero-order chi connectivity index (χ0) is 12.7. The molecular formula is C12H20ClN3O. The molecule has 0 aliphatic heterocycles. The van der Waals surface area contributed by atoms with Gasteiger partial charge in [0.15, 0.2) is 0 Å². The van der Waals surface area contributed by atoms with Crippen LogP contribution in [0.1, 0.15) is 44.6 Å². The Morgan fingerprint density at radius 1 is 1.29 bits per heavy atom. The third kappa shape index (κ3) is 4.48. The molecule has 0 aliphatic rings. The van der Waals surface area contributed by atoms with Gasteiger partial charge in [-0.3, -0.25) is 0 Å². The molecule has 0 unspecified atom stereocenters. The number of hydrogen-bond donors (Lipinski definition) is 2. The van der Waals surface area contributed by atoms with E-state index in [1.165, 1.54) is 6.33 Å². The van der Waals surface area contributed by atoms with E-state index in [-0.39, 0.29) is 6.61 Å². The first-order valence-corrected chi connectivity index (χ1v) is 6.39. The SMILES string of the molecule is CC(C)c1c(Cl)ncnc1NCCCCCO. The van der Waals surface area contributed by atoms with Gasteiger partial charge in [-0.2, -0.15) is 0 Å². The lowest BCUT2D eigenvalue weighted by Crippen LogP contribution is -2.08. The fourth-order valence-electron chi connectivity index (χ4n) is 1.65. The molecule has 1 aromatic heterocycles. The van der Waals surface area contributed by atoms with Crippen molar-refractivity contribution in [2.75, 3.05) is 18.5 Å². The van der Waals surface area contributed by atoms with Gasteiger partial charge in [-0.15, -0.1) is 0 Å². The Kier molecular flexibility index (Phi) is 6.22. The lowest BCUT2D eigenvalue weighted by molar-refractivity contribution is 0.283. The van der Waals surface area contributed by atoms with E-state index in [0.29, 0.717) is 11.1 Å². The number of nitrogens with one attached hydrogen (secondary N) is 1. The summed E-state index contributed by atoms with van der Waals surface area (Å²) in [6, 6.07) is 0. The molecule has 0 spiro atoms. The Hall–Kier alpha value is -0.870. The third-order valence-electron chi connectivity index (χ3n) is 2.54. The monoisotopic (exact) mass is 257 g/mol. The molecule has 1 aromatic rings. The average Bonchev–Trinajstić information content (AvgIpc) is 2.28. The van der Waals surface area contributed by atoms with Crippen LogP contribution in [0.5, 0.6) is 0 Å². The van der Waals surface area contributed by atoms with Crippen molar-refractivity contribution in [2.24, 2.45) is 0 Å². The van der Waals surface area contributed by atoms with E-state index < -0.39 is 0 Å². The van der Waals surface area contributed by atoms with Gasteiger partial charge in [-0.1, -0.05) is 25.4 Å². The van der Waals surface area contributed by atoms with Crippen LogP contribution in [0, 0.1) is 0 Å². The quantitative estimate of drug-likeness (QED) is 0.583. The molecule has 4 nitrogen and oxygen atoms in total. The average molecular weight is 258 g/mol. The number of aromatic nitrogens is 2. The number of nitrogens with zero attached hydrogens (tertiary/aromatic N) is 2. The first-order chi connectivity index (χ1) is 8.16. The molecule has 0 saturated carbocycles. The number of aliphatic hydroxyl groups is 1. The Bertz CT molecular complexity index is 345. The van der Waals surface area contributed by atoms with Crippen molar-refractivity contribution in [2.45, 2.75) is 39.0 Å². The van der Waals surface area contributed by atoms with Crippen LogP contribution in [0.3, 0.4) is 0 Å². The minimum atomic E-state index is 0.260. The normalized spacial score (nSPS) is 10.9. The topological polar surface area (TPSA) is 58.0 Å². The molecule has 96 valence electrons. The van der Waals surface area contributed by atoms with Gasteiger partial charge in [0.1, 0.15) is 17.3 Å². The van der Waals surface area contributed by atoms with Crippen LogP contribution in [0.25, 0.3) is 0 Å². The summed E-state index contributed by atoms with van der Waals surface area (Å²) < 4.78 is 0. The summed E-state index contributed by atoms with van der Waals surface area (Å²) in [6.45, 7) is 5.24. The summed E-state index contributed by atoms with van der Waals surface area (Å²) >= 11 is 6.06. The molecule has 0 fully saturated rings. The smallest absolute Gasteiger partial charge is 0.138 e. The highest BCUT2D eigenvalue weighted by Crippen LogP contribution is 2.27. The molecule has 0 atom stereocenters. The highest BCUT2D eigenvalue weighted by atomic mass is 35.5. The van der Waals surface area contributed by atoms with Crippen molar-refractivity contribution in [3.8, 4) is 0 Å². The predicted molar refractivity (Wildman–Crippen MR) is 70.6 cm³/mol. The van der Waals surface area contributed by atoms with Crippen LogP contribution >= 0.6 is 11.6 Å². The van der Waals surface area contributed by atoms with Crippen LogP contribution in [0.4, 0.5) is 5.82 Å². The van der Waals surface area contributed by atoms with E-state index in [2.05, 4.69) is 29.1 Å². The molecule has 0 aliphatic carbocycles. The highest BCUT2D eigenvalue weighted by molar-refractivity contribution is 6.30. The van der Waals surface area contributed by atoms with Gasteiger partial charge in [0.2, 0.25) is 0 Å². The highest BCUT2D eigenvalue weighted by Gasteiger charge is 2.12. The number of aliphatic hydroxyl groups excluding tert-OH is 1. The fourth-order valence-corrected chi connectivity index (χ4v) is 2.00.